The first-order valence-electron chi connectivity index (χ1n) is 12.6. The Morgan fingerprint density at radius 3 is 2.46 bits per heavy atom. The monoisotopic (exact) mass is 473 g/mol. The average Bonchev–Trinajstić information content (AvgIpc) is 2.87. The molecule has 1 atom stereocenters. The predicted molar refractivity (Wildman–Crippen MR) is 139 cm³/mol. The summed E-state index contributed by atoms with van der Waals surface area (Å²) in [5.41, 5.74) is 1.82. The van der Waals surface area contributed by atoms with Gasteiger partial charge in [0, 0.05) is 25.5 Å². The number of carbonyl (C=O) groups excluding carboxylic acids is 2. The maximum absolute atomic E-state index is 13.8. The average molecular weight is 474 g/mol. The molecule has 0 saturated heterocycles. The number of para-hydroxylation sites is 2. The molecule has 3 aromatic rings. The highest BCUT2D eigenvalue weighted by atomic mass is 16.5. The number of fused-ring (bicyclic) bond motifs is 2. The molecule has 2 heterocycles. The van der Waals surface area contributed by atoms with Gasteiger partial charge in [0.25, 0.3) is 11.8 Å². The third kappa shape index (κ3) is 5.81. The standard InChI is InChI=1S/C29H35N3O3/c1-21(2)26-20-35-27-15-9-7-13-23(27)28(33)31(3)18-10-4-5-11-19-32(26)29(34)25-17-16-22-12-6-8-14-24(22)30-25/h6-9,12-17,21,26H,4-5,10-11,18-20H2,1-3H3/t26-/m1/s1. The van der Waals surface area contributed by atoms with Gasteiger partial charge in [-0.05, 0) is 43.0 Å². The van der Waals surface area contributed by atoms with E-state index in [-0.39, 0.29) is 23.8 Å². The first kappa shape index (κ1) is 24.7. The molecule has 1 aliphatic heterocycles. The maximum atomic E-state index is 13.8. The van der Waals surface area contributed by atoms with Crippen LogP contribution in [0, 0.1) is 5.92 Å². The van der Waals surface area contributed by atoms with Crippen LogP contribution in [0.3, 0.4) is 0 Å². The molecule has 184 valence electrons. The van der Waals surface area contributed by atoms with Crippen LogP contribution in [-0.4, -0.2) is 59.4 Å². The predicted octanol–water partition coefficient (Wildman–Crippen LogP) is 5.43. The van der Waals surface area contributed by atoms with Crippen molar-refractivity contribution in [3.05, 3.63) is 71.9 Å². The van der Waals surface area contributed by atoms with Gasteiger partial charge in [0.2, 0.25) is 0 Å². The van der Waals surface area contributed by atoms with Gasteiger partial charge in [-0.2, -0.15) is 0 Å². The third-order valence-electron chi connectivity index (χ3n) is 6.76. The molecular weight excluding hydrogens is 438 g/mol. The van der Waals surface area contributed by atoms with Gasteiger partial charge >= 0.3 is 0 Å². The van der Waals surface area contributed by atoms with Gasteiger partial charge < -0.3 is 14.5 Å². The zero-order valence-electron chi connectivity index (χ0n) is 20.9. The minimum atomic E-state index is -0.153. The second kappa shape index (κ2) is 11.3. The zero-order chi connectivity index (χ0) is 24.8. The van der Waals surface area contributed by atoms with E-state index in [1.807, 2.05) is 72.6 Å². The summed E-state index contributed by atoms with van der Waals surface area (Å²) in [5, 5.41) is 1.01. The normalized spacial score (nSPS) is 18.2. The Bertz CT molecular complexity index is 1180. The van der Waals surface area contributed by atoms with Crippen molar-refractivity contribution in [2.45, 2.75) is 45.6 Å². The highest BCUT2D eigenvalue weighted by molar-refractivity contribution is 5.97. The Labute approximate surface area is 207 Å². The first-order valence-corrected chi connectivity index (χ1v) is 12.6. The lowest BCUT2D eigenvalue weighted by Gasteiger charge is -2.35. The van der Waals surface area contributed by atoms with Crippen LogP contribution < -0.4 is 4.74 Å². The van der Waals surface area contributed by atoms with Crippen molar-refractivity contribution >= 4 is 22.7 Å². The second-order valence-corrected chi connectivity index (χ2v) is 9.65. The number of nitrogens with zero attached hydrogens (tertiary/aromatic N) is 3. The van der Waals surface area contributed by atoms with E-state index >= 15 is 0 Å². The summed E-state index contributed by atoms with van der Waals surface area (Å²) in [6.45, 7) is 5.87. The van der Waals surface area contributed by atoms with Crippen LogP contribution in [0.15, 0.2) is 60.7 Å². The van der Waals surface area contributed by atoms with Crippen molar-refractivity contribution in [3.8, 4) is 5.75 Å². The number of rotatable bonds is 2. The molecular formula is C29H35N3O3. The van der Waals surface area contributed by atoms with Gasteiger partial charge in [0.15, 0.2) is 0 Å². The van der Waals surface area contributed by atoms with Gasteiger partial charge in [-0.1, -0.05) is 63.1 Å². The van der Waals surface area contributed by atoms with E-state index in [4.69, 9.17) is 4.74 Å². The Morgan fingerprint density at radius 2 is 1.66 bits per heavy atom. The molecule has 1 aromatic heterocycles. The minimum Gasteiger partial charge on any atom is -0.491 e. The Morgan fingerprint density at radius 1 is 0.943 bits per heavy atom. The molecule has 4 rings (SSSR count). The maximum Gasteiger partial charge on any atom is 0.272 e. The fourth-order valence-electron chi connectivity index (χ4n) is 4.63. The Hall–Kier alpha value is -3.41. The molecule has 0 bridgehead atoms. The molecule has 0 N–H and O–H groups in total. The van der Waals surface area contributed by atoms with Crippen molar-refractivity contribution in [1.82, 2.24) is 14.8 Å². The third-order valence-corrected chi connectivity index (χ3v) is 6.76. The number of benzene rings is 2. The van der Waals surface area contributed by atoms with E-state index in [0.717, 1.165) is 36.6 Å². The molecule has 0 unspecified atom stereocenters. The van der Waals surface area contributed by atoms with E-state index < -0.39 is 0 Å². The van der Waals surface area contributed by atoms with Crippen LogP contribution in [0.25, 0.3) is 10.9 Å². The fraction of sp³-hybridized carbons (Fsp3) is 0.414. The first-order chi connectivity index (χ1) is 17.0. The van der Waals surface area contributed by atoms with Gasteiger partial charge in [-0.25, -0.2) is 4.98 Å². The molecule has 0 spiro atoms. The number of hydrogen-bond acceptors (Lipinski definition) is 4. The van der Waals surface area contributed by atoms with Crippen molar-refractivity contribution in [2.75, 3.05) is 26.7 Å². The number of amides is 2. The largest absolute Gasteiger partial charge is 0.491 e. The SMILES string of the molecule is CC(C)[C@H]1COc2ccccc2C(=O)N(C)CCCCCCN1C(=O)c1ccc2ccccc2n1. The van der Waals surface area contributed by atoms with E-state index in [9.17, 15) is 9.59 Å². The molecule has 6 heteroatoms. The topological polar surface area (TPSA) is 62.7 Å². The van der Waals surface area contributed by atoms with Crippen LogP contribution in [0.5, 0.6) is 5.75 Å². The number of aromatic nitrogens is 1. The quantitative estimate of drug-likeness (QED) is 0.498. The highest BCUT2D eigenvalue weighted by Crippen LogP contribution is 2.24. The molecule has 35 heavy (non-hydrogen) atoms. The molecule has 0 radical (unpaired) electrons. The smallest absolute Gasteiger partial charge is 0.272 e. The molecule has 0 fully saturated rings. The van der Waals surface area contributed by atoms with E-state index in [1.165, 1.54) is 0 Å². The summed E-state index contributed by atoms with van der Waals surface area (Å²) in [6, 6.07) is 18.8. The summed E-state index contributed by atoms with van der Waals surface area (Å²) >= 11 is 0. The molecule has 2 aromatic carbocycles. The van der Waals surface area contributed by atoms with E-state index in [1.54, 1.807) is 4.90 Å². The van der Waals surface area contributed by atoms with Crippen LogP contribution in [0.4, 0.5) is 0 Å². The van der Waals surface area contributed by atoms with Gasteiger partial charge in [0.1, 0.15) is 18.1 Å². The minimum absolute atomic E-state index is 0.0351. The van der Waals surface area contributed by atoms with Crippen molar-refractivity contribution < 1.29 is 14.3 Å². The molecule has 0 aliphatic carbocycles. The number of pyridine rings is 1. The Kier molecular flexibility index (Phi) is 8.01. The van der Waals surface area contributed by atoms with Crippen LogP contribution in [-0.2, 0) is 0 Å². The van der Waals surface area contributed by atoms with Crippen LogP contribution in [0.2, 0.25) is 0 Å². The molecule has 6 nitrogen and oxygen atoms in total. The van der Waals surface area contributed by atoms with E-state index in [2.05, 4.69) is 18.8 Å². The fourth-order valence-corrected chi connectivity index (χ4v) is 4.63. The van der Waals surface area contributed by atoms with Gasteiger partial charge in [-0.3, -0.25) is 9.59 Å². The molecule has 1 aliphatic rings. The van der Waals surface area contributed by atoms with Gasteiger partial charge in [0.05, 0.1) is 17.1 Å². The second-order valence-electron chi connectivity index (χ2n) is 9.65. The number of ether oxygens (including phenoxy) is 1. The lowest BCUT2D eigenvalue weighted by Crippen LogP contribution is -2.47. The summed E-state index contributed by atoms with van der Waals surface area (Å²) in [7, 11) is 1.85. The van der Waals surface area contributed by atoms with Crippen molar-refractivity contribution in [2.24, 2.45) is 5.92 Å². The van der Waals surface area contributed by atoms with Gasteiger partial charge in [-0.15, -0.1) is 0 Å². The lowest BCUT2D eigenvalue weighted by molar-refractivity contribution is 0.0517. The zero-order valence-corrected chi connectivity index (χ0v) is 20.9. The van der Waals surface area contributed by atoms with Crippen LogP contribution >= 0.6 is 0 Å². The van der Waals surface area contributed by atoms with Crippen molar-refractivity contribution in [1.29, 1.82) is 0 Å². The number of carbonyl (C=O) groups is 2. The summed E-state index contributed by atoms with van der Waals surface area (Å²) in [4.78, 5) is 35.2. The Balaban J connectivity index is 1.65. The summed E-state index contributed by atoms with van der Waals surface area (Å²) < 4.78 is 6.25. The van der Waals surface area contributed by atoms with E-state index in [0.29, 0.717) is 36.7 Å². The highest BCUT2D eigenvalue weighted by Gasteiger charge is 2.29. The summed E-state index contributed by atoms with van der Waals surface area (Å²) in [6.07, 6.45) is 3.84. The molecule has 2 amide bonds. The number of hydrogen-bond donors (Lipinski definition) is 0. The molecule has 0 saturated carbocycles. The summed E-state index contributed by atoms with van der Waals surface area (Å²) in [5.74, 6) is 0.613. The van der Waals surface area contributed by atoms with Crippen LogP contribution in [0.1, 0.15) is 60.4 Å². The lowest BCUT2D eigenvalue weighted by atomic mass is 10.0. The van der Waals surface area contributed by atoms with Crippen molar-refractivity contribution in [3.63, 3.8) is 0 Å².